The highest BCUT2D eigenvalue weighted by molar-refractivity contribution is 7.98. The second-order valence-corrected chi connectivity index (χ2v) is 6.36. The van der Waals surface area contributed by atoms with E-state index in [1.807, 2.05) is 51.3 Å². The normalized spacial score (nSPS) is 11.4. The van der Waals surface area contributed by atoms with E-state index >= 15 is 0 Å². The third-order valence-electron chi connectivity index (χ3n) is 2.68. The summed E-state index contributed by atoms with van der Waals surface area (Å²) in [5.74, 6) is 2.30. The molecule has 1 aromatic heterocycles. The van der Waals surface area contributed by atoms with Gasteiger partial charge >= 0.3 is 0 Å². The molecule has 1 heterocycles. The SMILES string of the molecule is CSc1ccc(Oc2cc(N)nc(C(C)(C)C)n2)cc1. The van der Waals surface area contributed by atoms with Gasteiger partial charge in [0.15, 0.2) is 0 Å². The lowest BCUT2D eigenvalue weighted by Gasteiger charge is -2.17. The minimum Gasteiger partial charge on any atom is -0.439 e. The smallest absolute Gasteiger partial charge is 0.224 e. The molecular weight excluding hydrogens is 270 g/mol. The lowest BCUT2D eigenvalue weighted by molar-refractivity contribution is 0.446. The maximum Gasteiger partial charge on any atom is 0.224 e. The zero-order chi connectivity index (χ0) is 14.8. The molecule has 0 fully saturated rings. The quantitative estimate of drug-likeness (QED) is 0.869. The summed E-state index contributed by atoms with van der Waals surface area (Å²) in [4.78, 5) is 9.87. The van der Waals surface area contributed by atoms with Gasteiger partial charge in [-0.15, -0.1) is 11.8 Å². The second-order valence-electron chi connectivity index (χ2n) is 5.48. The average Bonchev–Trinajstić information content (AvgIpc) is 2.38. The van der Waals surface area contributed by atoms with Gasteiger partial charge < -0.3 is 10.5 Å². The first-order chi connectivity index (χ1) is 9.38. The Hall–Kier alpha value is -1.75. The predicted octanol–water partition coefficient (Wildman–Crippen LogP) is 3.87. The van der Waals surface area contributed by atoms with E-state index in [0.717, 1.165) is 5.75 Å². The Bertz CT molecular complexity index is 591. The first-order valence-corrected chi connectivity index (χ1v) is 7.58. The number of hydrogen-bond donors (Lipinski definition) is 1. The fraction of sp³-hybridized carbons (Fsp3) is 0.333. The van der Waals surface area contributed by atoms with Crippen molar-refractivity contribution < 1.29 is 4.74 Å². The Labute approximate surface area is 123 Å². The largest absolute Gasteiger partial charge is 0.439 e. The monoisotopic (exact) mass is 289 g/mol. The highest BCUT2D eigenvalue weighted by Crippen LogP contribution is 2.26. The van der Waals surface area contributed by atoms with Crippen LogP contribution < -0.4 is 10.5 Å². The van der Waals surface area contributed by atoms with Crippen LogP contribution in [0.15, 0.2) is 35.2 Å². The summed E-state index contributed by atoms with van der Waals surface area (Å²) in [6.45, 7) is 6.12. The summed E-state index contributed by atoms with van der Waals surface area (Å²) in [7, 11) is 0. The fourth-order valence-electron chi connectivity index (χ4n) is 1.59. The van der Waals surface area contributed by atoms with Crippen molar-refractivity contribution in [2.45, 2.75) is 31.1 Å². The molecule has 0 atom stereocenters. The van der Waals surface area contributed by atoms with Gasteiger partial charge in [-0.3, -0.25) is 0 Å². The van der Waals surface area contributed by atoms with Crippen molar-refractivity contribution >= 4 is 17.6 Å². The number of nitrogens with zero attached hydrogens (tertiary/aromatic N) is 2. The molecule has 0 aliphatic heterocycles. The Morgan fingerprint density at radius 1 is 1.10 bits per heavy atom. The molecule has 4 nitrogen and oxygen atoms in total. The summed E-state index contributed by atoms with van der Waals surface area (Å²) in [5, 5.41) is 0. The molecule has 0 bridgehead atoms. The van der Waals surface area contributed by atoms with E-state index in [1.165, 1.54) is 4.90 Å². The number of rotatable bonds is 3. The molecule has 2 rings (SSSR count). The number of nitrogens with two attached hydrogens (primary N) is 1. The molecule has 106 valence electrons. The molecule has 0 saturated carbocycles. The van der Waals surface area contributed by atoms with Crippen LogP contribution in [0, 0.1) is 0 Å². The summed E-state index contributed by atoms with van der Waals surface area (Å²) in [6.07, 6.45) is 2.04. The molecule has 0 radical (unpaired) electrons. The van der Waals surface area contributed by atoms with E-state index in [0.29, 0.717) is 17.5 Å². The number of benzene rings is 1. The van der Waals surface area contributed by atoms with E-state index in [-0.39, 0.29) is 5.41 Å². The van der Waals surface area contributed by atoms with Gasteiger partial charge in [-0.1, -0.05) is 20.8 Å². The third kappa shape index (κ3) is 3.63. The maximum atomic E-state index is 5.82. The van der Waals surface area contributed by atoms with Crippen LogP contribution in [-0.2, 0) is 5.41 Å². The first-order valence-electron chi connectivity index (χ1n) is 6.35. The number of thioether (sulfide) groups is 1. The molecule has 0 amide bonds. The Morgan fingerprint density at radius 3 is 2.30 bits per heavy atom. The number of ether oxygens (including phenoxy) is 1. The number of aromatic nitrogens is 2. The van der Waals surface area contributed by atoms with E-state index in [2.05, 4.69) is 9.97 Å². The molecule has 0 spiro atoms. The highest BCUT2D eigenvalue weighted by Gasteiger charge is 2.19. The van der Waals surface area contributed by atoms with Crippen LogP contribution in [0.5, 0.6) is 11.6 Å². The van der Waals surface area contributed by atoms with Crippen LogP contribution in [0.25, 0.3) is 0 Å². The van der Waals surface area contributed by atoms with Crippen molar-refractivity contribution in [1.29, 1.82) is 0 Å². The van der Waals surface area contributed by atoms with Gasteiger partial charge in [-0.2, -0.15) is 4.98 Å². The topological polar surface area (TPSA) is 61.0 Å². The van der Waals surface area contributed by atoms with Gasteiger partial charge in [0.25, 0.3) is 0 Å². The van der Waals surface area contributed by atoms with Crippen LogP contribution in [-0.4, -0.2) is 16.2 Å². The second kappa shape index (κ2) is 5.71. The highest BCUT2D eigenvalue weighted by atomic mass is 32.2. The van der Waals surface area contributed by atoms with Crippen molar-refractivity contribution in [3.8, 4) is 11.6 Å². The Balaban J connectivity index is 2.26. The molecule has 2 aromatic rings. The van der Waals surface area contributed by atoms with Gasteiger partial charge in [0, 0.05) is 16.4 Å². The minimum atomic E-state index is -0.170. The molecule has 0 aliphatic rings. The average molecular weight is 289 g/mol. The van der Waals surface area contributed by atoms with E-state index < -0.39 is 0 Å². The Kier molecular flexibility index (Phi) is 4.18. The molecule has 0 saturated heterocycles. The van der Waals surface area contributed by atoms with Crippen LogP contribution in [0.1, 0.15) is 26.6 Å². The van der Waals surface area contributed by atoms with Crippen LogP contribution >= 0.6 is 11.8 Å². The molecule has 1 aromatic carbocycles. The van der Waals surface area contributed by atoms with Gasteiger partial charge in [0.1, 0.15) is 17.4 Å². The molecule has 2 N–H and O–H groups in total. The van der Waals surface area contributed by atoms with Gasteiger partial charge in [-0.05, 0) is 30.5 Å². The fourth-order valence-corrected chi connectivity index (χ4v) is 2.00. The standard InChI is InChI=1S/C15H19N3OS/c1-15(2,3)14-17-12(16)9-13(18-14)19-10-5-7-11(20-4)8-6-10/h5-9H,1-4H3,(H2,16,17,18). The lowest BCUT2D eigenvalue weighted by atomic mass is 9.96. The van der Waals surface area contributed by atoms with E-state index in [1.54, 1.807) is 17.8 Å². The number of nitrogen functional groups attached to an aromatic ring is 1. The van der Waals surface area contributed by atoms with Crippen LogP contribution in [0.4, 0.5) is 5.82 Å². The number of anilines is 1. The van der Waals surface area contributed by atoms with Crippen molar-refractivity contribution in [1.82, 2.24) is 9.97 Å². The van der Waals surface area contributed by atoms with Crippen molar-refractivity contribution in [2.24, 2.45) is 0 Å². The zero-order valence-electron chi connectivity index (χ0n) is 12.2. The summed E-state index contributed by atoms with van der Waals surface area (Å²) < 4.78 is 5.75. The third-order valence-corrected chi connectivity index (χ3v) is 3.42. The van der Waals surface area contributed by atoms with Crippen molar-refractivity contribution in [2.75, 3.05) is 12.0 Å². The number of hydrogen-bond acceptors (Lipinski definition) is 5. The van der Waals surface area contributed by atoms with Gasteiger partial charge in [0.2, 0.25) is 5.88 Å². The van der Waals surface area contributed by atoms with E-state index in [9.17, 15) is 0 Å². The van der Waals surface area contributed by atoms with Gasteiger partial charge in [-0.25, -0.2) is 4.98 Å². The maximum absolute atomic E-state index is 5.82. The van der Waals surface area contributed by atoms with Crippen molar-refractivity contribution in [3.63, 3.8) is 0 Å². The first kappa shape index (κ1) is 14.7. The molecule has 5 heteroatoms. The molecular formula is C15H19N3OS. The lowest BCUT2D eigenvalue weighted by Crippen LogP contribution is -2.17. The summed E-state index contributed by atoms with van der Waals surface area (Å²) in [5.41, 5.74) is 5.65. The van der Waals surface area contributed by atoms with Crippen LogP contribution in [0.2, 0.25) is 0 Å². The van der Waals surface area contributed by atoms with Gasteiger partial charge in [0.05, 0.1) is 0 Å². The van der Waals surface area contributed by atoms with E-state index in [4.69, 9.17) is 10.5 Å². The van der Waals surface area contributed by atoms with Crippen LogP contribution in [0.3, 0.4) is 0 Å². The predicted molar refractivity (Wildman–Crippen MR) is 83.4 cm³/mol. The summed E-state index contributed by atoms with van der Waals surface area (Å²) in [6, 6.07) is 9.49. The minimum absolute atomic E-state index is 0.170. The zero-order valence-corrected chi connectivity index (χ0v) is 13.0. The van der Waals surface area contributed by atoms with Crippen molar-refractivity contribution in [3.05, 3.63) is 36.2 Å². The molecule has 0 aliphatic carbocycles. The molecule has 20 heavy (non-hydrogen) atoms. The molecule has 0 unspecified atom stereocenters. The summed E-state index contributed by atoms with van der Waals surface area (Å²) >= 11 is 1.69. The Morgan fingerprint density at radius 2 is 1.75 bits per heavy atom.